The van der Waals surface area contributed by atoms with Crippen molar-refractivity contribution in [3.63, 3.8) is 0 Å². The number of primary amides is 1. The van der Waals surface area contributed by atoms with Crippen LogP contribution in [0, 0.1) is 5.41 Å². The van der Waals surface area contributed by atoms with E-state index in [1.54, 1.807) is 6.08 Å². The Morgan fingerprint density at radius 2 is 2.12 bits per heavy atom. The average Bonchev–Trinajstić information content (AvgIpc) is 3.01. The summed E-state index contributed by atoms with van der Waals surface area (Å²) in [6.07, 6.45) is 1.86. The summed E-state index contributed by atoms with van der Waals surface area (Å²) in [7, 11) is 0. The van der Waals surface area contributed by atoms with E-state index in [9.17, 15) is 13.6 Å². The van der Waals surface area contributed by atoms with Crippen LogP contribution in [0.5, 0.6) is 0 Å². The molecule has 0 unspecified atom stereocenters. The van der Waals surface area contributed by atoms with Crippen LogP contribution >= 0.6 is 0 Å². The molecule has 0 aromatic rings. The molecule has 0 saturated heterocycles. The molecule has 6 heteroatoms. The lowest BCUT2D eigenvalue weighted by molar-refractivity contribution is -0.371. The topological polar surface area (TPSA) is 61.6 Å². The van der Waals surface area contributed by atoms with Gasteiger partial charge >= 0.3 is 6.29 Å². The Labute approximate surface area is 97.1 Å². The Morgan fingerprint density at radius 3 is 2.71 bits per heavy atom. The minimum atomic E-state index is -3.62. The van der Waals surface area contributed by atoms with Gasteiger partial charge in [-0.2, -0.15) is 0 Å². The number of ether oxygens (including phenoxy) is 2. The molecule has 1 aliphatic carbocycles. The summed E-state index contributed by atoms with van der Waals surface area (Å²) >= 11 is 0. The summed E-state index contributed by atoms with van der Waals surface area (Å²) in [6.45, 7) is -0.174. The normalized spacial score (nSPS) is 25.9. The van der Waals surface area contributed by atoms with E-state index < -0.39 is 17.6 Å². The third-order valence-corrected chi connectivity index (χ3v) is 2.98. The first kappa shape index (κ1) is 12.0. The highest BCUT2D eigenvalue weighted by Crippen LogP contribution is 2.52. The molecule has 0 aromatic heterocycles. The van der Waals surface area contributed by atoms with E-state index >= 15 is 0 Å². The fraction of sp³-hybridized carbons (Fsp3) is 0.545. The van der Waals surface area contributed by atoms with Crippen molar-refractivity contribution in [2.24, 2.45) is 11.1 Å². The van der Waals surface area contributed by atoms with Crippen LogP contribution in [-0.2, 0) is 14.3 Å². The molecule has 0 bridgehead atoms. The van der Waals surface area contributed by atoms with Crippen LogP contribution in [0.25, 0.3) is 0 Å². The van der Waals surface area contributed by atoms with Crippen LogP contribution in [0.4, 0.5) is 8.78 Å². The minimum absolute atomic E-state index is 0.174. The number of nitrogens with two attached hydrogens (primary N) is 1. The van der Waals surface area contributed by atoms with Crippen molar-refractivity contribution in [1.29, 1.82) is 0 Å². The molecule has 1 amide bonds. The number of rotatable bonds is 2. The third-order valence-electron chi connectivity index (χ3n) is 2.98. The molecule has 0 aromatic carbocycles. The second-order valence-electron chi connectivity index (χ2n) is 4.13. The van der Waals surface area contributed by atoms with E-state index in [-0.39, 0.29) is 13.0 Å². The van der Waals surface area contributed by atoms with E-state index in [1.807, 2.05) is 0 Å². The van der Waals surface area contributed by atoms with Gasteiger partial charge in [0.15, 0.2) is 0 Å². The molecule has 1 fully saturated rings. The van der Waals surface area contributed by atoms with Gasteiger partial charge in [0.1, 0.15) is 0 Å². The minimum Gasteiger partial charge on any atom is -0.417 e. The molecule has 0 spiro atoms. The van der Waals surface area contributed by atoms with Gasteiger partial charge in [-0.15, -0.1) is 8.78 Å². The Kier molecular flexibility index (Phi) is 2.91. The lowest BCUT2D eigenvalue weighted by Crippen LogP contribution is -2.26. The molecular weight excluding hydrogens is 232 g/mol. The molecule has 17 heavy (non-hydrogen) atoms. The maximum Gasteiger partial charge on any atom is 0.534 e. The number of amides is 1. The molecule has 2 rings (SSSR count). The lowest BCUT2D eigenvalue weighted by atomic mass is 9.94. The quantitative estimate of drug-likeness (QED) is 0.805. The molecule has 2 aliphatic rings. The second-order valence-corrected chi connectivity index (χ2v) is 4.13. The van der Waals surface area contributed by atoms with E-state index in [1.165, 1.54) is 6.08 Å². The van der Waals surface area contributed by atoms with Crippen molar-refractivity contribution < 1.29 is 23.0 Å². The van der Waals surface area contributed by atoms with Gasteiger partial charge in [-0.05, 0) is 30.9 Å². The first-order valence-electron chi connectivity index (χ1n) is 5.33. The molecule has 4 nitrogen and oxygen atoms in total. The Hall–Kier alpha value is -1.43. The molecular formula is C11H13F2NO3. The highest BCUT2D eigenvalue weighted by Gasteiger charge is 2.50. The van der Waals surface area contributed by atoms with Gasteiger partial charge in [0.2, 0.25) is 5.91 Å². The zero-order valence-electron chi connectivity index (χ0n) is 9.12. The Bertz CT molecular complexity index is 386. The van der Waals surface area contributed by atoms with E-state index in [0.717, 1.165) is 6.26 Å². The highest BCUT2D eigenvalue weighted by atomic mass is 19.3. The predicted octanol–water partition coefficient (Wildman–Crippen LogP) is 1.68. The van der Waals surface area contributed by atoms with Crippen LogP contribution in [0.2, 0.25) is 0 Å². The summed E-state index contributed by atoms with van der Waals surface area (Å²) < 4.78 is 34.0. The van der Waals surface area contributed by atoms with Crippen molar-refractivity contribution in [2.45, 2.75) is 25.6 Å². The van der Waals surface area contributed by atoms with Crippen molar-refractivity contribution in [3.05, 3.63) is 24.0 Å². The molecule has 0 atom stereocenters. The number of halogens is 2. The largest absolute Gasteiger partial charge is 0.534 e. The van der Waals surface area contributed by atoms with Crippen molar-refractivity contribution in [2.75, 3.05) is 6.61 Å². The molecule has 2 N–H and O–H groups in total. The number of hydrogen-bond donors (Lipinski definition) is 1. The van der Waals surface area contributed by atoms with Crippen molar-refractivity contribution in [1.82, 2.24) is 0 Å². The number of carbonyl (C=O) groups excluding carboxylic acids is 1. The second kappa shape index (κ2) is 4.10. The zero-order valence-corrected chi connectivity index (χ0v) is 9.12. The summed E-state index contributed by atoms with van der Waals surface area (Å²) in [5.74, 6) is -0.430. The van der Waals surface area contributed by atoms with Crippen LogP contribution in [0.1, 0.15) is 19.3 Å². The Balaban J connectivity index is 2.17. The summed E-state index contributed by atoms with van der Waals surface area (Å²) in [5.41, 5.74) is 5.25. The smallest absolute Gasteiger partial charge is 0.417 e. The molecule has 1 aliphatic heterocycles. The lowest BCUT2D eigenvalue weighted by Gasteiger charge is -2.13. The standard InChI is InChI=1S/C11H13F2NO3/c12-11(13)16-6-1-2-8(3-7-17-11)10(4-5-10)9(14)15/h2-3,7H,1,4-6H2,(H2,14,15). The van der Waals surface area contributed by atoms with Gasteiger partial charge in [0, 0.05) is 0 Å². The Morgan fingerprint density at radius 1 is 1.41 bits per heavy atom. The van der Waals surface area contributed by atoms with Crippen LogP contribution < -0.4 is 5.73 Å². The first-order valence-corrected chi connectivity index (χ1v) is 5.33. The van der Waals surface area contributed by atoms with E-state index in [4.69, 9.17) is 5.73 Å². The van der Waals surface area contributed by atoms with E-state index in [0.29, 0.717) is 18.4 Å². The van der Waals surface area contributed by atoms with E-state index in [2.05, 4.69) is 9.47 Å². The van der Waals surface area contributed by atoms with Crippen molar-refractivity contribution >= 4 is 5.91 Å². The number of alkyl halides is 2. The average molecular weight is 245 g/mol. The fourth-order valence-electron chi connectivity index (χ4n) is 1.84. The number of carbonyl (C=O) groups is 1. The molecule has 94 valence electrons. The van der Waals surface area contributed by atoms with Gasteiger partial charge in [0.25, 0.3) is 0 Å². The molecule has 1 heterocycles. The maximum absolute atomic E-state index is 12.8. The highest BCUT2D eigenvalue weighted by molar-refractivity contribution is 5.88. The van der Waals surface area contributed by atoms with Crippen LogP contribution in [0.15, 0.2) is 24.0 Å². The van der Waals surface area contributed by atoms with Crippen LogP contribution in [-0.4, -0.2) is 18.8 Å². The van der Waals surface area contributed by atoms with Crippen molar-refractivity contribution in [3.8, 4) is 0 Å². The summed E-state index contributed by atoms with van der Waals surface area (Å²) in [6, 6.07) is 0. The third kappa shape index (κ3) is 2.46. The SMILES string of the molecule is NC(=O)C1(C2=CCCOC(F)(F)OC=C2)CC1. The first-order chi connectivity index (χ1) is 7.96. The monoisotopic (exact) mass is 245 g/mol. The van der Waals surface area contributed by atoms with Gasteiger partial charge in [-0.25, -0.2) is 0 Å². The predicted molar refractivity (Wildman–Crippen MR) is 54.7 cm³/mol. The van der Waals surface area contributed by atoms with Gasteiger partial charge in [0.05, 0.1) is 18.3 Å². The number of hydrogen-bond acceptors (Lipinski definition) is 3. The summed E-state index contributed by atoms with van der Waals surface area (Å²) in [4.78, 5) is 11.3. The summed E-state index contributed by atoms with van der Waals surface area (Å²) in [5, 5.41) is 0. The zero-order chi connectivity index (χ0) is 12.5. The van der Waals surface area contributed by atoms with Gasteiger partial charge in [-0.3, -0.25) is 9.53 Å². The fourth-order valence-corrected chi connectivity index (χ4v) is 1.84. The molecule has 0 radical (unpaired) electrons. The van der Waals surface area contributed by atoms with Crippen LogP contribution in [0.3, 0.4) is 0 Å². The molecule has 1 saturated carbocycles. The van der Waals surface area contributed by atoms with Gasteiger partial charge < -0.3 is 10.5 Å². The van der Waals surface area contributed by atoms with Gasteiger partial charge in [-0.1, -0.05) is 6.08 Å². The maximum atomic E-state index is 12.8. The number of allylic oxidation sites excluding steroid dienone is 1.